The van der Waals surface area contributed by atoms with Crippen molar-refractivity contribution < 1.29 is 29.6 Å². The molecule has 3 saturated carbocycles. The fourth-order valence-corrected chi connectivity index (χ4v) is 8.76. The van der Waals surface area contributed by atoms with Gasteiger partial charge < -0.3 is 25.0 Å². The number of aliphatic hydroxyl groups is 3. The van der Waals surface area contributed by atoms with Crippen molar-refractivity contribution in [2.45, 2.75) is 89.7 Å². The molecule has 1 aromatic heterocycles. The van der Waals surface area contributed by atoms with Crippen LogP contribution in [0.15, 0.2) is 36.2 Å². The summed E-state index contributed by atoms with van der Waals surface area (Å²) in [5, 5.41) is 33.3. The Bertz CT molecular complexity index is 1110. The number of nitrogens with zero attached hydrogens (tertiary/aromatic N) is 2. The number of aliphatic hydroxyl groups excluding tert-OH is 2. The Morgan fingerprint density at radius 2 is 1.97 bits per heavy atom. The number of carbonyl (C=O) groups is 2. The number of rotatable bonds is 6. The molecule has 0 radical (unpaired) electrons. The normalized spacial score (nSPS) is 41.0. The van der Waals surface area contributed by atoms with Gasteiger partial charge in [-0.3, -0.25) is 14.6 Å². The van der Waals surface area contributed by atoms with E-state index in [0.29, 0.717) is 19.4 Å². The highest BCUT2D eigenvalue weighted by Crippen LogP contribution is 2.67. The summed E-state index contributed by atoms with van der Waals surface area (Å²) in [5.41, 5.74) is -0.449. The SMILES string of the molecule is COCC(=O)N(Cc1cccnc1)C(C)C1CC[C@@]2(O)C3=CC(=O)[C@@H]4C[C@@H](O)[C@@H](O)C[C@]4(C)C3CC[C@]12C. The van der Waals surface area contributed by atoms with Crippen molar-refractivity contribution in [1.29, 1.82) is 0 Å². The maximum Gasteiger partial charge on any atom is 0.249 e. The monoisotopic (exact) mass is 526 g/mol. The average Bonchev–Trinajstić information content (AvgIpc) is 3.16. The van der Waals surface area contributed by atoms with Gasteiger partial charge in [-0.25, -0.2) is 0 Å². The summed E-state index contributed by atoms with van der Waals surface area (Å²) in [6.07, 6.45) is 6.82. The predicted octanol–water partition coefficient (Wildman–Crippen LogP) is 2.65. The fourth-order valence-electron chi connectivity index (χ4n) is 8.76. The predicted molar refractivity (Wildman–Crippen MR) is 141 cm³/mol. The second-order valence-electron chi connectivity index (χ2n) is 12.7. The number of hydrogen-bond acceptors (Lipinski definition) is 7. The van der Waals surface area contributed by atoms with Gasteiger partial charge in [0.05, 0.1) is 17.8 Å². The van der Waals surface area contributed by atoms with E-state index in [4.69, 9.17) is 4.74 Å². The van der Waals surface area contributed by atoms with Crippen LogP contribution >= 0.6 is 0 Å². The zero-order valence-corrected chi connectivity index (χ0v) is 23.0. The van der Waals surface area contributed by atoms with Crippen LogP contribution in [0.4, 0.5) is 0 Å². The van der Waals surface area contributed by atoms with Crippen molar-refractivity contribution in [2.24, 2.45) is 28.6 Å². The first-order valence-electron chi connectivity index (χ1n) is 14.0. The standard InChI is InChI=1S/C30H42N2O6/c1-18(32(27(36)17-38-4)16-19-6-5-11-31-15-19)20-8-10-30(37)22-12-24(33)23-13-25(34)26(35)14-28(23,2)21(22)7-9-29(20,30)3/h5-6,11-12,15,18,20-21,23,25-26,34-35,37H,7-10,13-14,16-17H2,1-4H3/t18?,20?,21?,23-,25+,26-,28+,29+,30+/m0/s1. The van der Waals surface area contributed by atoms with Gasteiger partial charge in [0, 0.05) is 43.4 Å². The van der Waals surface area contributed by atoms with Gasteiger partial charge in [-0.2, -0.15) is 0 Å². The molecule has 8 heteroatoms. The summed E-state index contributed by atoms with van der Waals surface area (Å²) >= 11 is 0. The lowest BCUT2D eigenvalue weighted by Gasteiger charge is -2.60. The molecule has 3 unspecified atom stereocenters. The maximum absolute atomic E-state index is 13.4. The molecule has 1 amide bonds. The van der Waals surface area contributed by atoms with E-state index in [1.54, 1.807) is 18.5 Å². The van der Waals surface area contributed by atoms with Crippen LogP contribution in [0.2, 0.25) is 0 Å². The minimum absolute atomic E-state index is 0.0197. The molecule has 3 fully saturated rings. The smallest absolute Gasteiger partial charge is 0.249 e. The number of aromatic nitrogens is 1. The van der Waals surface area contributed by atoms with Crippen LogP contribution in [0.1, 0.15) is 64.9 Å². The maximum atomic E-state index is 13.4. The molecular formula is C30H42N2O6. The Balaban J connectivity index is 1.47. The van der Waals surface area contributed by atoms with Crippen molar-refractivity contribution in [3.05, 3.63) is 41.7 Å². The van der Waals surface area contributed by atoms with E-state index in [2.05, 4.69) is 25.8 Å². The van der Waals surface area contributed by atoms with Gasteiger partial charge in [-0.1, -0.05) is 19.9 Å². The number of fused-ring (bicyclic) bond motifs is 5. The molecule has 3 N–H and O–H groups in total. The van der Waals surface area contributed by atoms with Gasteiger partial charge in [0.25, 0.3) is 0 Å². The number of hydrogen-bond donors (Lipinski definition) is 3. The van der Waals surface area contributed by atoms with Gasteiger partial charge in [0.1, 0.15) is 6.61 Å². The Morgan fingerprint density at radius 3 is 2.66 bits per heavy atom. The van der Waals surface area contributed by atoms with Crippen LogP contribution < -0.4 is 0 Å². The first-order valence-corrected chi connectivity index (χ1v) is 14.0. The van der Waals surface area contributed by atoms with E-state index in [1.807, 2.05) is 17.0 Å². The van der Waals surface area contributed by atoms with Crippen LogP contribution in [0.25, 0.3) is 0 Å². The lowest BCUT2D eigenvalue weighted by atomic mass is 9.46. The molecule has 0 saturated heterocycles. The quantitative estimate of drug-likeness (QED) is 0.521. The molecular weight excluding hydrogens is 484 g/mol. The van der Waals surface area contributed by atoms with Crippen molar-refractivity contribution in [1.82, 2.24) is 9.88 Å². The van der Waals surface area contributed by atoms with Gasteiger partial charge in [0.15, 0.2) is 5.78 Å². The molecule has 4 aliphatic carbocycles. The zero-order valence-electron chi connectivity index (χ0n) is 23.0. The van der Waals surface area contributed by atoms with Crippen LogP contribution in [0.5, 0.6) is 0 Å². The molecule has 9 atom stereocenters. The molecule has 0 aliphatic heterocycles. The lowest BCUT2D eigenvalue weighted by Crippen LogP contribution is -2.61. The van der Waals surface area contributed by atoms with Crippen LogP contribution in [-0.2, 0) is 20.9 Å². The topological polar surface area (TPSA) is 120 Å². The van der Waals surface area contributed by atoms with Crippen molar-refractivity contribution in [3.8, 4) is 0 Å². The van der Waals surface area contributed by atoms with E-state index in [0.717, 1.165) is 30.4 Å². The van der Waals surface area contributed by atoms with E-state index >= 15 is 0 Å². The number of methoxy groups -OCH3 is 1. The lowest BCUT2D eigenvalue weighted by molar-refractivity contribution is -0.155. The molecule has 0 spiro atoms. The first kappa shape index (κ1) is 27.4. The Kier molecular flexibility index (Phi) is 7.08. The summed E-state index contributed by atoms with van der Waals surface area (Å²) in [4.78, 5) is 32.7. The molecule has 0 aromatic carbocycles. The number of ether oxygens (including phenoxy) is 1. The highest BCUT2D eigenvalue weighted by molar-refractivity contribution is 5.95. The third kappa shape index (κ3) is 4.07. The Hall–Kier alpha value is -2.13. The summed E-state index contributed by atoms with van der Waals surface area (Å²) in [5.74, 6) is -0.506. The van der Waals surface area contributed by atoms with Crippen molar-refractivity contribution in [3.63, 3.8) is 0 Å². The third-order valence-electron chi connectivity index (χ3n) is 10.9. The van der Waals surface area contributed by atoms with Gasteiger partial charge in [-0.15, -0.1) is 0 Å². The fraction of sp³-hybridized carbons (Fsp3) is 0.700. The first-order chi connectivity index (χ1) is 18.0. The molecule has 208 valence electrons. The molecule has 5 rings (SSSR count). The average molecular weight is 527 g/mol. The van der Waals surface area contributed by atoms with E-state index < -0.39 is 28.6 Å². The summed E-state index contributed by atoms with van der Waals surface area (Å²) in [6.45, 7) is 6.64. The van der Waals surface area contributed by atoms with E-state index in [9.17, 15) is 24.9 Å². The highest BCUT2D eigenvalue weighted by atomic mass is 16.5. The van der Waals surface area contributed by atoms with Crippen molar-refractivity contribution >= 4 is 11.7 Å². The number of amides is 1. The Morgan fingerprint density at radius 1 is 1.21 bits per heavy atom. The summed E-state index contributed by atoms with van der Waals surface area (Å²) in [7, 11) is 1.52. The van der Waals surface area contributed by atoms with Crippen LogP contribution in [-0.4, -0.2) is 74.5 Å². The minimum Gasteiger partial charge on any atom is -0.390 e. The van der Waals surface area contributed by atoms with E-state index in [-0.39, 0.29) is 48.5 Å². The number of ketones is 1. The zero-order chi connectivity index (χ0) is 27.5. The van der Waals surface area contributed by atoms with Gasteiger partial charge >= 0.3 is 0 Å². The van der Waals surface area contributed by atoms with Crippen molar-refractivity contribution in [2.75, 3.05) is 13.7 Å². The summed E-state index contributed by atoms with van der Waals surface area (Å²) < 4.78 is 5.21. The molecule has 0 bridgehead atoms. The van der Waals surface area contributed by atoms with Crippen LogP contribution in [0, 0.1) is 28.6 Å². The van der Waals surface area contributed by atoms with Crippen LogP contribution in [0.3, 0.4) is 0 Å². The third-order valence-corrected chi connectivity index (χ3v) is 10.9. The second kappa shape index (κ2) is 9.81. The largest absolute Gasteiger partial charge is 0.390 e. The molecule has 8 nitrogen and oxygen atoms in total. The molecule has 1 heterocycles. The molecule has 1 aromatic rings. The molecule has 38 heavy (non-hydrogen) atoms. The molecule has 4 aliphatic rings. The van der Waals surface area contributed by atoms with Gasteiger partial charge in [-0.05, 0) is 86.0 Å². The minimum atomic E-state index is -1.16. The summed E-state index contributed by atoms with van der Waals surface area (Å²) in [6, 6.07) is 3.65. The highest BCUT2D eigenvalue weighted by Gasteiger charge is 2.67. The number of carbonyl (C=O) groups excluding carboxylic acids is 2. The number of allylic oxidation sites excluding steroid dienone is 1. The Labute approximate surface area is 225 Å². The number of pyridine rings is 1. The van der Waals surface area contributed by atoms with Gasteiger partial charge in [0.2, 0.25) is 5.91 Å². The van der Waals surface area contributed by atoms with E-state index in [1.165, 1.54) is 7.11 Å². The second-order valence-corrected chi connectivity index (χ2v) is 12.7.